The second-order valence-corrected chi connectivity index (χ2v) is 22.5. The maximum Gasteiger partial charge on any atom is 0.246 e. The van der Waals surface area contributed by atoms with E-state index >= 15 is 4.39 Å². The summed E-state index contributed by atoms with van der Waals surface area (Å²) in [6.07, 6.45) is -1.43. The van der Waals surface area contributed by atoms with Crippen LogP contribution in [0.2, 0.25) is 5.02 Å². The quantitative estimate of drug-likeness (QED) is 0.0735. The monoisotopic (exact) mass is 1050 g/mol. The number of hydrogen-bond acceptors (Lipinski definition) is 12. The maximum absolute atomic E-state index is 15.1. The lowest BCUT2D eigenvalue weighted by molar-refractivity contribution is -0.144. The molecule has 6 atom stereocenters. The minimum Gasteiger partial charge on any atom is -0.489 e. The first-order chi connectivity index (χ1) is 34.6. The van der Waals surface area contributed by atoms with E-state index in [0.717, 1.165) is 54.0 Å². The zero-order chi connectivity index (χ0) is 52.5. The number of likely N-dealkylation sites (tertiary alicyclic amines) is 1. The summed E-state index contributed by atoms with van der Waals surface area (Å²) >= 11 is 9.45. The lowest BCUT2D eigenvalue weighted by Gasteiger charge is -2.35. The number of carbonyl (C=O) groups is 4. The number of rotatable bonds is 16. The second kappa shape index (κ2) is 22.0. The summed E-state index contributed by atoms with van der Waals surface area (Å²) in [4.78, 5) is 68.4. The van der Waals surface area contributed by atoms with Gasteiger partial charge in [-0.25, -0.2) is 9.37 Å². The van der Waals surface area contributed by atoms with E-state index in [0.29, 0.717) is 22.2 Å². The fraction of sp³-hybridized carbons (Fsp3) is 0.407. The van der Waals surface area contributed by atoms with Crippen molar-refractivity contribution in [3.8, 4) is 21.2 Å². The van der Waals surface area contributed by atoms with Crippen molar-refractivity contribution in [1.82, 2.24) is 40.6 Å². The number of thiophene rings is 1. The van der Waals surface area contributed by atoms with Gasteiger partial charge in [0.05, 0.1) is 46.9 Å². The Morgan fingerprint density at radius 3 is 2.34 bits per heavy atom. The number of hydrogen-bond donors (Lipinski definition) is 4. The number of aliphatic hydroxyl groups excluding tert-OH is 1. The van der Waals surface area contributed by atoms with Crippen LogP contribution in [0.4, 0.5) is 4.39 Å². The van der Waals surface area contributed by atoms with Gasteiger partial charge in [0, 0.05) is 46.5 Å². The highest BCUT2D eigenvalue weighted by Gasteiger charge is 2.45. The van der Waals surface area contributed by atoms with Crippen molar-refractivity contribution in [2.24, 2.45) is 10.4 Å². The highest BCUT2D eigenvalue weighted by Crippen LogP contribution is 2.40. The normalized spacial score (nSPS) is 17.7. The van der Waals surface area contributed by atoms with Gasteiger partial charge in [0.1, 0.15) is 46.6 Å². The smallest absolute Gasteiger partial charge is 0.246 e. The van der Waals surface area contributed by atoms with Crippen LogP contribution >= 0.6 is 34.3 Å². The molecule has 15 nitrogen and oxygen atoms in total. The number of thiazole rings is 1. The van der Waals surface area contributed by atoms with Crippen LogP contribution in [0.1, 0.15) is 116 Å². The highest BCUT2D eigenvalue weighted by atomic mass is 35.5. The average Bonchev–Trinajstić information content (AvgIpc) is 4.11. The van der Waals surface area contributed by atoms with Gasteiger partial charge in [-0.3, -0.25) is 28.7 Å². The SMILES string of the molecule is Cc1ncsc1-c1ccc([C@H](C)NC(=O)[C@@H]2C[C@@H](O)CN2C(=O)[C@@H](NC(=O)CCc2cc(F)cc(OC(C)CNC(=O)C[C@@H]3N=C(c4ccc(Cl)cc4)c4c(sc(C)c4C)-n4c(C)nnc43)c2)C(C)(C)C)cc1. The molecule has 3 aromatic carbocycles. The molecule has 4 N–H and O–H groups in total. The molecule has 4 amide bonds. The number of ether oxygens (including phenoxy) is 1. The van der Waals surface area contributed by atoms with Crippen LogP contribution in [0.5, 0.6) is 5.75 Å². The molecular weight excluding hydrogens is 989 g/mol. The predicted molar refractivity (Wildman–Crippen MR) is 282 cm³/mol. The Labute approximate surface area is 437 Å². The molecule has 8 rings (SSSR count). The molecule has 0 spiro atoms. The third kappa shape index (κ3) is 12.0. The number of aryl methyl sites for hydroxylation is 4. The first kappa shape index (κ1) is 53.0. The fourth-order valence-corrected chi connectivity index (χ4v) is 11.4. The number of aliphatic hydroxyl groups is 1. The summed E-state index contributed by atoms with van der Waals surface area (Å²) in [6, 6.07) is 16.5. The number of β-amino-alcohol motifs (C(OH)–C–C–N with tert-alkyl or cyclic N) is 1. The zero-order valence-corrected chi connectivity index (χ0v) is 44.8. The molecule has 6 aromatic rings. The molecule has 384 valence electrons. The Morgan fingerprint density at radius 2 is 1.66 bits per heavy atom. The first-order valence-electron chi connectivity index (χ1n) is 24.3. The largest absolute Gasteiger partial charge is 0.489 e. The molecule has 0 saturated carbocycles. The van der Waals surface area contributed by atoms with Crippen LogP contribution in [0, 0.1) is 38.9 Å². The van der Waals surface area contributed by atoms with Crippen molar-refractivity contribution in [2.75, 3.05) is 13.1 Å². The summed E-state index contributed by atoms with van der Waals surface area (Å²) in [6.45, 7) is 17.1. The summed E-state index contributed by atoms with van der Waals surface area (Å²) in [7, 11) is 0. The van der Waals surface area contributed by atoms with Crippen LogP contribution in [0.15, 0.2) is 77.2 Å². The van der Waals surface area contributed by atoms with E-state index in [1.165, 1.54) is 17.0 Å². The third-order valence-electron chi connectivity index (χ3n) is 13.3. The molecule has 0 aliphatic carbocycles. The molecular formula is C54H61ClFN9O6S2. The highest BCUT2D eigenvalue weighted by molar-refractivity contribution is 7.15. The predicted octanol–water partition coefficient (Wildman–Crippen LogP) is 8.65. The Morgan fingerprint density at radius 1 is 0.945 bits per heavy atom. The van der Waals surface area contributed by atoms with E-state index in [-0.39, 0.29) is 56.5 Å². The molecule has 1 fully saturated rings. The number of aliphatic imine (C=N–C) groups is 1. The summed E-state index contributed by atoms with van der Waals surface area (Å²) in [5.74, 6) is -0.749. The number of fused-ring (bicyclic) bond motifs is 3. The van der Waals surface area contributed by atoms with Crippen LogP contribution in [0.25, 0.3) is 15.4 Å². The average molecular weight is 1050 g/mol. The van der Waals surface area contributed by atoms with Gasteiger partial charge < -0.3 is 30.7 Å². The van der Waals surface area contributed by atoms with E-state index < -0.39 is 59.3 Å². The van der Waals surface area contributed by atoms with Gasteiger partial charge in [-0.1, -0.05) is 68.8 Å². The molecule has 3 aromatic heterocycles. The Bertz CT molecular complexity index is 3060. The van der Waals surface area contributed by atoms with Crippen molar-refractivity contribution in [3.05, 3.63) is 133 Å². The lowest BCUT2D eigenvalue weighted by atomic mass is 9.85. The van der Waals surface area contributed by atoms with Gasteiger partial charge in [-0.05, 0) is 99.9 Å². The molecule has 1 saturated heterocycles. The van der Waals surface area contributed by atoms with E-state index in [1.807, 2.05) is 94.6 Å². The zero-order valence-electron chi connectivity index (χ0n) is 42.4. The van der Waals surface area contributed by atoms with Crippen molar-refractivity contribution in [2.45, 2.75) is 124 Å². The number of carbonyl (C=O) groups excluding carboxylic acids is 4. The lowest BCUT2D eigenvalue weighted by Crippen LogP contribution is -2.57. The van der Waals surface area contributed by atoms with Gasteiger partial charge in [0.15, 0.2) is 5.82 Å². The molecule has 0 radical (unpaired) electrons. The number of benzene rings is 3. The summed E-state index contributed by atoms with van der Waals surface area (Å²) in [5.41, 5.74) is 8.01. The molecule has 19 heteroatoms. The minimum absolute atomic E-state index is 0.0250. The fourth-order valence-electron chi connectivity index (χ4n) is 9.25. The summed E-state index contributed by atoms with van der Waals surface area (Å²) in [5, 5.41) is 30.0. The molecule has 73 heavy (non-hydrogen) atoms. The van der Waals surface area contributed by atoms with Crippen LogP contribution in [-0.2, 0) is 25.6 Å². The van der Waals surface area contributed by atoms with E-state index in [1.54, 1.807) is 41.2 Å². The molecule has 2 aliphatic rings. The minimum atomic E-state index is -1.03. The molecule has 1 unspecified atom stereocenters. The Balaban J connectivity index is 0.862. The number of halogens is 2. The van der Waals surface area contributed by atoms with E-state index in [4.69, 9.17) is 21.3 Å². The van der Waals surface area contributed by atoms with Gasteiger partial charge in [-0.15, -0.1) is 32.9 Å². The number of aromatic nitrogens is 4. The van der Waals surface area contributed by atoms with Gasteiger partial charge >= 0.3 is 0 Å². The Hall–Kier alpha value is -6.34. The van der Waals surface area contributed by atoms with E-state index in [2.05, 4.69) is 45.0 Å². The Kier molecular flexibility index (Phi) is 16.0. The topological polar surface area (TPSA) is 193 Å². The standard InChI is InChI=1S/C54H61ClFN9O6S2/c1-28(25-57-45(68)24-42-50-63-62-33(6)65(50)53-46(29(2)32(5)73-53)47(60-42)36-15-17-38(55)18-16-36)71-41-21-34(20-39(56)22-41)10-19-44(67)61-49(54(7,8)9)52(70)64-26-40(66)23-43(64)51(69)59-30(3)35-11-13-37(14-12-35)48-31(4)58-27-72-48/h11-18,20-22,27-28,30,40,42-43,49,66H,10,19,23-26H2,1-9H3,(H,57,68)(H,59,69)(H,61,67)/t28?,30-,40+,42-,43-,49+/m0/s1. The molecule has 2 aliphatic heterocycles. The first-order valence-corrected chi connectivity index (χ1v) is 26.4. The van der Waals surface area contributed by atoms with Crippen LogP contribution in [0.3, 0.4) is 0 Å². The van der Waals surface area contributed by atoms with Crippen molar-refractivity contribution in [3.63, 3.8) is 0 Å². The van der Waals surface area contributed by atoms with E-state index in [9.17, 15) is 24.3 Å². The summed E-state index contributed by atoms with van der Waals surface area (Å²) < 4.78 is 23.1. The number of nitrogens with one attached hydrogen (secondary N) is 3. The van der Waals surface area contributed by atoms with Crippen molar-refractivity contribution in [1.29, 1.82) is 0 Å². The van der Waals surface area contributed by atoms with Gasteiger partial charge in [-0.2, -0.15) is 0 Å². The number of nitrogens with zero attached hydrogens (tertiary/aromatic N) is 6. The van der Waals surface area contributed by atoms with Crippen LogP contribution < -0.4 is 20.7 Å². The molecule has 5 heterocycles. The van der Waals surface area contributed by atoms with Gasteiger partial charge in [0.25, 0.3) is 0 Å². The van der Waals surface area contributed by atoms with Crippen LogP contribution in [-0.4, -0.2) is 96.5 Å². The number of amides is 4. The van der Waals surface area contributed by atoms with Crippen molar-refractivity contribution >= 4 is 63.6 Å². The third-order valence-corrected chi connectivity index (χ3v) is 15.7. The molecule has 0 bridgehead atoms. The van der Waals surface area contributed by atoms with Gasteiger partial charge in [0.2, 0.25) is 23.6 Å². The van der Waals surface area contributed by atoms with Crippen molar-refractivity contribution < 1.29 is 33.4 Å². The maximum atomic E-state index is 15.1. The second-order valence-electron chi connectivity index (χ2n) is 20.0.